The number of nitriles is 1. The lowest BCUT2D eigenvalue weighted by molar-refractivity contribution is 0.312. The molecule has 92 valence electrons. The average Bonchev–Trinajstić information content (AvgIpc) is 2.36. The highest BCUT2D eigenvalue weighted by Crippen LogP contribution is 2.14. The van der Waals surface area contributed by atoms with E-state index in [2.05, 4.69) is 25.1 Å². The molecular weight excluding hydrogens is 212 g/mol. The lowest BCUT2D eigenvalue weighted by atomic mass is 10.0. The van der Waals surface area contributed by atoms with E-state index in [-0.39, 0.29) is 6.04 Å². The van der Waals surface area contributed by atoms with Crippen LogP contribution in [0.2, 0.25) is 0 Å². The van der Waals surface area contributed by atoms with Crippen molar-refractivity contribution in [1.29, 1.82) is 5.26 Å². The minimum Gasteiger partial charge on any atom is -0.494 e. The molecule has 0 aliphatic rings. The quantitative estimate of drug-likeness (QED) is 0.735. The molecule has 0 fully saturated rings. The summed E-state index contributed by atoms with van der Waals surface area (Å²) >= 11 is 0. The second-order valence-electron chi connectivity index (χ2n) is 4.13. The molecule has 17 heavy (non-hydrogen) atoms. The molecule has 0 radical (unpaired) electrons. The first kappa shape index (κ1) is 13.5. The Morgan fingerprint density at radius 3 is 2.65 bits per heavy atom. The minimum atomic E-state index is 0.234. The van der Waals surface area contributed by atoms with Gasteiger partial charge in [-0.15, -0.1) is 0 Å². The number of ether oxygens (including phenoxy) is 1. The van der Waals surface area contributed by atoms with Crippen molar-refractivity contribution in [3.05, 3.63) is 29.8 Å². The molecule has 1 rings (SSSR count). The molecule has 0 aliphatic carbocycles. The highest BCUT2D eigenvalue weighted by atomic mass is 16.5. The first-order valence-electron chi connectivity index (χ1n) is 6.10. The van der Waals surface area contributed by atoms with Gasteiger partial charge in [-0.3, -0.25) is 0 Å². The Morgan fingerprint density at radius 1 is 1.35 bits per heavy atom. The topological polar surface area (TPSA) is 59.0 Å². The van der Waals surface area contributed by atoms with Crippen molar-refractivity contribution in [2.24, 2.45) is 5.73 Å². The molecule has 3 nitrogen and oxygen atoms in total. The van der Waals surface area contributed by atoms with Crippen LogP contribution in [0.3, 0.4) is 0 Å². The Morgan fingerprint density at radius 2 is 2.06 bits per heavy atom. The lowest BCUT2D eigenvalue weighted by Crippen LogP contribution is -2.21. The third-order valence-corrected chi connectivity index (χ3v) is 2.65. The number of rotatable bonds is 7. The Bertz CT molecular complexity index is 353. The fraction of sp³-hybridized carbons (Fsp3) is 0.500. The average molecular weight is 232 g/mol. The summed E-state index contributed by atoms with van der Waals surface area (Å²) in [7, 11) is 0. The van der Waals surface area contributed by atoms with Gasteiger partial charge in [-0.2, -0.15) is 5.26 Å². The summed E-state index contributed by atoms with van der Waals surface area (Å²) in [6.07, 6.45) is 3.22. The normalized spacial score (nSPS) is 11.8. The number of nitrogens with two attached hydrogens (primary N) is 1. The van der Waals surface area contributed by atoms with Gasteiger partial charge in [0, 0.05) is 12.5 Å². The molecule has 0 spiro atoms. The van der Waals surface area contributed by atoms with Crippen LogP contribution in [0.5, 0.6) is 5.75 Å². The lowest BCUT2D eigenvalue weighted by Gasteiger charge is -2.09. The molecule has 1 aromatic carbocycles. The molecule has 1 aromatic rings. The Kier molecular flexibility index (Phi) is 6.13. The van der Waals surface area contributed by atoms with Crippen molar-refractivity contribution in [1.82, 2.24) is 0 Å². The molecule has 0 heterocycles. The smallest absolute Gasteiger partial charge is 0.119 e. The zero-order valence-corrected chi connectivity index (χ0v) is 10.4. The summed E-state index contributed by atoms with van der Waals surface area (Å²) in [5.74, 6) is 0.858. The number of hydrogen-bond acceptors (Lipinski definition) is 3. The van der Waals surface area contributed by atoms with E-state index in [0.29, 0.717) is 13.0 Å². The van der Waals surface area contributed by atoms with Crippen LogP contribution in [0.25, 0.3) is 0 Å². The van der Waals surface area contributed by atoms with Crippen molar-refractivity contribution >= 4 is 0 Å². The number of unbranched alkanes of at least 4 members (excludes halogenated alkanes) is 1. The van der Waals surface area contributed by atoms with Crippen LogP contribution in [-0.4, -0.2) is 12.6 Å². The van der Waals surface area contributed by atoms with Crippen molar-refractivity contribution in [2.75, 3.05) is 6.61 Å². The summed E-state index contributed by atoms with van der Waals surface area (Å²) in [5.41, 5.74) is 7.13. The Balaban J connectivity index is 2.37. The van der Waals surface area contributed by atoms with Gasteiger partial charge in [-0.25, -0.2) is 0 Å². The molecular formula is C14H20N2O. The molecule has 2 N–H and O–H groups in total. The van der Waals surface area contributed by atoms with Gasteiger partial charge in [-0.1, -0.05) is 19.1 Å². The predicted molar refractivity (Wildman–Crippen MR) is 68.8 cm³/mol. The fourth-order valence-corrected chi connectivity index (χ4v) is 1.51. The number of hydrogen-bond donors (Lipinski definition) is 1. The number of benzene rings is 1. The summed E-state index contributed by atoms with van der Waals surface area (Å²) in [4.78, 5) is 0. The largest absolute Gasteiger partial charge is 0.494 e. The van der Waals surface area contributed by atoms with Gasteiger partial charge in [-0.05, 0) is 37.0 Å². The van der Waals surface area contributed by atoms with E-state index in [1.54, 1.807) is 0 Å². The van der Waals surface area contributed by atoms with Crippen LogP contribution in [-0.2, 0) is 6.42 Å². The molecule has 0 saturated carbocycles. The zero-order valence-electron chi connectivity index (χ0n) is 10.4. The molecule has 0 bridgehead atoms. The van der Waals surface area contributed by atoms with Crippen LogP contribution < -0.4 is 10.5 Å². The first-order valence-corrected chi connectivity index (χ1v) is 6.10. The predicted octanol–water partition coefficient (Wildman–Crippen LogP) is 2.65. The molecule has 0 amide bonds. The van der Waals surface area contributed by atoms with Gasteiger partial charge in [0.1, 0.15) is 5.75 Å². The van der Waals surface area contributed by atoms with Crippen LogP contribution >= 0.6 is 0 Å². The van der Waals surface area contributed by atoms with Gasteiger partial charge in [0.15, 0.2) is 0 Å². The molecule has 1 atom stereocenters. The summed E-state index contributed by atoms with van der Waals surface area (Å²) in [5, 5.41) is 8.39. The summed E-state index contributed by atoms with van der Waals surface area (Å²) in [6.45, 7) is 2.69. The van der Waals surface area contributed by atoms with Crippen LogP contribution in [0.1, 0.15) is 31.7 Å². The maximum atomic E-state index is 8.39. The monoisotopic (exact) mass is 232 g/mol. The van der Waals surface area contributed by atoms with E-state index in [1.165, 1.54) is 5.56 Å². The maximum Gasteiger partial charge on any atom is 0.119 e. The SMILES string of the molecule is CCC(N)Cc1ccc(OCCCC#N)cc1. The molecule has 3 heteroatoms. The van der Waals surface area contributed by atoms with Crippen LogP contribution in [0.15, 0.2) is 24.3 Å². The minimum absolute atomic E-state index is 0.234. The van der Waals surface area contributed by atoms with Gasteiger partial charge in [0.2, 0.25) is 0 Å². The Labute approximate surface area is 103 Å². The second-order valence-corrected chi connectivity index (χ2v) is 4.13. The van der Waals surface area contributed by atoms with Crippen molar-refractivity contribution < 1.29 is 4.74 Å². The van der Waals surface area contributed by atoms with E-state index < -0.39 is 0 Å². The Hall–Kier alpha value is -1.53. The molecule has 0 aliphatic heterocycles. The van der Waals surface area contributed by atoms with Crippen molar-refractivity contribution in [3.63, 3.8) is 0 Å². The zero-order chi connectivity index (χ0) is 12.5. The molecule has 0 aromatic heterocycles. The van der Waals surface area contributed by atoms with E-state index in [0.717, 1.165) is 25.0 Å². The van der Waals surface area contributed by atoms with E-state index in [9.17, 15) is 0 Å². The van der Waals surface area contributed by atoms with E-state index in [4.69, 9.17) is 15.7 Å². The number of nitrogens with zero attached hydrogens (tertiary/aromatic N) is 1. The van der Waals surface area contributed by atoms with Crippen molar-refractivity contribution in [2.45, 2.75) is 38.6 Å². The maximum absolute atomic E-state index is 8.39. The second kappa shape index (κ2) is 7.70. The highest BCUT2D eigenvalue weighted by molar-refractivity contribution is 5.27. The van der Waals surface area contributed by atoms with E-state index >= 15 is 0 Å². The van der Waals surface area contributed by atoms with Gasteiger partial charge in [0.05, 0.1) is 12.7 Å². The van der Waals surface area contributed by atoms with E-state index in [1.807, 2.05) is 12.1 Å². The van der Waals surface area contributed by atoms with Crippen molar-refractivity contribution in [3.8, 4) is 11.8 Å². The van der Waals surface area contributed by atoms with Gasteiger partial charge < -0.3 is 10.5 Å². The van der Waals surface area contributed by atoms with Crippen LogP contribution in [0.4, 0.5) is 0 Å². The third-order valence-electron chi connectivity index (χ3n) is 2.65. The standard InChI is InChI=1S/C14H20N2O/c1-2-13(16)11-12-5-7-14(8-6-12)17-10-4-3-9-15/h5-8,13H,2-4,10-11,16H2,1H3. The fourth-order valence-electron chi connectivity index (χ4n) is 1.51. The molecule has 1 unspecified atom stereocenters. The highest BCUT2D eigenvalue weighted by Gasteiger charge is 2.01. The third kappa shape index (κ3) is 5.37. The molecule has 0 saturated heterocycles. The summed E-state index contributed by atoms with van der Waals surface area (Å²) in [6, 6.07) is 10.4. The summed E-state index contributed by atoms with van der Waals surface area (Å²) < 4.78 is 5.51. The van der Waals surface area contributed by atoms with Gasteiger partial charge in [0.25, 0.3) is 0 Å². The first-order chi connectivity index (χ1) is 8.26. The van der Waals surface area contributed by atoms with Gasteiger partial charge >= 0.3 is 0 Å². The van der Waals surface area contributed by atoms with Crippen LogP contribution in [0, 0.1) is 11.3 Å².